The lowest BCUT2D eigenvalue weighted by atomic mass is 10.1. The van der Waals surface area contributed by atoms with E-state index in [9.17, 15) is 9.90 Å². The zero-order valence-corrected chi connectivity index (χ0v) is 17.3. The van der Waals surface area contributed by atoms with Gasteiger partial charge in [-0.3, -0.25) is 4.79 Å². The van der Waals surface area contributed by atoms with Gasteiger partial charge < -0.3 is 23.4 Å². The molecule has 32 heavy (non-hydrogen) atoms. The molecule has 0 saturated heterocycles. The van der Waals surface area contributed by atoms with Crippen molar-refractivity contribution in [2.45, 2.75) is 20.1 Å². The monoisotopic (exact) mass is 428 g/mol. The second kappa shape index (κ2) is 8.15. The quantitative estimate of drug-likeness (QED) is 0.373. The summed E-state index contributed by atoms with van der Waals surface area (Å²) in [5.74, 6) is 1.27. The minimum Gasteiger partial charge on any atom is -0.506 e. The van der Waals surface area contributed by atoms with E-state index in [1.807, 2.05) is 54.6 Å². The van der Waals surface area contributed by atoms with Crippen LogP contribution in [0.2, 0.25) is 0 Å². The fraction of sp³-hybridized carbons (Fsp3) is 0.115. The largest absolute Gasteiger partial charge is 0.506 e. The van der Waals surface area contributed by atoms with Crippen molar-refractivity contribution in [1.82, 2.24) is 0 Å². The Balaban J connectivity index is 1.40. The summed E-state index contributed by atoms with van der Waals surface area (Å²) in [5.41, 5.74) is 2.14. The number of rotatable bonds is 6. The van der Waals surface area contributed by atoms with Crippen LogP contribution in [0.3, 0.4) is 0 Å². The van der Waals surface area contributed by atoms with Gasteiger partial charge in [0, 0.05) is 6.07 Å². The van der Waals surface area contributed by atoms with Gasteiger partial charge >= 0.3 is 0 Å². The van der Waals surface area contributed by atoms with Gasteiger partial charge in [0.05, 0.1) is 11.6 Å². The molecule has 160 valence electrons. The average molecular weight is 428 g/mol. The van der Waals surface area contributed by atoms with Gasteiger partial charge in [-0.2, -0.15) is 0 Å². The molecule has 0 aliphatic carbocycles. The molecule has 0 radical (unpaired) electrons. The summed E-state index contributed by atoms with van der Waals surface area (Å²) >= 11 is 0. The summed E-state index contributed by atoms with van der Waals surface area (Å²) in [5, 5.41) is 11.0. The highest BCUT2D eigenvalue weighted by atomic mass is 16.5. The lowest BCUT2D eigenvalue weighted by Crippen LogP contribution is -2.04. The van der Waals surface area contributed by atoms with Gasteiger partial charge in [-0.1, -0.05) is 42.5 Å². The molecule has 0 unspecified atom stereocenters. The number of hydrogen-bond acceptors (Lipinski definition) is 6. The van der Waals surface area contributed by atoms with Crippen LogP contribution in [-0.2, 0) is 13.2 Å². The normalized spacial score (nSPS) is 11.2. The number of hydrogen-bond donors (Lipinski definition) is 1. The van der Waals surface area contributed by atoms with E-state index in [0.717, 1.165) is 16.9 Å². The molecule has 0 saturated carbocycles. The van der Waals surface area contributed by atoms with Crippen molar-refractivity contribution >= 4 is 21.9 Å². The van der Waals surface area contributed by atoms with Crippen LogP contribution in [0.25, 0.3) is 21.9 Å². The van der Waals surface area contributed by atoms with E-state index in [1.54, 1.807) is 13.0 Å². The second-order valence-electron chi connectivity index (χ2n) is 7.47. The Bertz CT molecular complexity index is 1450. The second-order valence-corrected chi connectivity index (χ2v) is 7.47. The summed E-state index contributed by atoms with van der Waals surface area (Å²) in [6, 6.07) is 20.5. The molecule has 0 bridgehead atoms. The predicted octanol–water partition coefficient (Wildman–Crippen LogP) is 5.71. The maximum absolute atomic E-state index is 12.5. The molecule has 1 N–H and O–H groups in total. The van der Waals surface area contributed by atoms with Crippen molar-refractivity contribution < 1.29 is 23.4 Å². The Morgan fingerprint density at radius 1 is 0.875 bits per heavy atom. The Hall–Kier alpha value is -4.19. The van der Waals surface area contributed by atoms with Crippen LogP contribution in [0.1, 0.15) is 16.9 Å². The standard InChI is InChI=1S/C26H20O6/c1-16-13-21(27)22-23(28)20-11-12-29-24(20)26(25(22)32-16)31-15-18-7-9-19(10-8-18)30-14-17-5-3-2-4-6-17/h2-13,28H,14-15H2,1H3. The first-order valence-electron chi connectivity index (χ1n) is 10.1. The Morgan fingerprint density at radius 2 is 1.59 bits per heavy atom. The van der Waals surface area contributed by atoms with Crippen molar-refractivity contribution in [3.8, 4) is 17.2 Å². The topological polar surface area (TPSA) is 82.0 Å². The molecule has 0 amide bonds. The van der Waals surface area contributed by atoms with Crippen molar-refractivity contribution in [3.63, 3.8) is 0 Å². The summed E-state index contributed by atoms with van der Waals surface area (Å²) in [6.45, 7) is 2.37. The number of ether oxygens (including phenoxy) is 2. The number of aryl methyl sites for hydroxylation is 1. The van der Waals surface area contributed by atoms with Gasteiger partial charge in [0.1, 0.15) is 35.9 Å². The van der Waals surface area contributed by atoms with Crippen molar-refractivity contribution in [2.24, 2.45) is 0 Å². The first-order chi connectivity index (χ1) is 15.6. The molecule has 3 aromatic carbocycles. The van der Waals surface area contributed by atoms with Gasteiger partial charge in [-0.05, 0) is 36.2 Å². The molecule has 6 heteroatoms. The minimum absolute atomic E-state index is 0.0733. The van der Waals surface area contributed by atoms with Gasteiger partial charge in [0.15, 0.2) is 16.6 Å². The van der Waals surface area contributed by atoms with E-state index in [2.05, 4.69) is 0 Å². The summed E-state index contributed by atoms with van der Waals surface area (Å²) in [4.78, 5) is 12.5. The number of phenols is 1. The number of aromatic hydroxyl groups is 1. The van der Waals surface area contributed by atoms with E-state index in [4.69, 9.17) is 18.3 Å². The van der Waals surface area contributed by atoms with Gasteiger partial charge in [-0.25, -0.2) is 0 Å². The molecular formula is C26H20O6. The van der Waals surface area contributed by atoms with Gasteiger partial charge in [0.25, 0.3) is 0 Å². The van der Waals surface area contributed by atoms with Crippen molar-refractivity contribution in [2.75, 3.05) is 0 Å². The van der Waals surface area contributed by atoms with Crippen LogP contribution in [-0.4, -0.2) is 5.11 Å². The number of benzene rings is 3. The van der Waals surface area contributed by atoms with E-state index in [0.29, 0.717) is 23.3 Å². The first kappa shape index (κ1) is 19.8. The summed E-state index contributed by atoms with van der Waals surface area (Å²) < 4.78 is 23.1. The molecule has 2 aromatic heterocycles. The third kappa shape index (κ3) is 3.67. The Morgan fingerprint density at radius 3 is 2.38 bits per heavy atom. The van der Waals surface area contributed by atoms with Crippen molar-refractivity contribution in [3.05, 3.63) is 100 Å². The number of fused-ring (bicyclic) bond motifs is 2. The summed E-state index contributed by atoms with van der Waals surface area (Å²) in [6.07, 6.45) is 1.44. The number of phenolic OH excluding ortho intramolecular Hbond substituents is 1. The molecule has 5 aromatic rings. The molecule has 5 rings (SSSR count). The third-order valence-electron chi connectivity index (χ3n) is 5.20. The van der Waals surface area contributed by atoms with Crippen LogP contribution in [0.15, 0.2) is 86.6 Å². The highest BCUT2D eigenvalue weighted by molar-refractivity contribution is 6.06. The molecular weight excluding hydrogens is 408 g/mol. The minimum atomic E-state index is -0.339. The van der Waals surface area contributed by atoms with Crippen LogP contribution in [0.4, 0.5) is 0 Å². The lowest BCUT2D eigenvalue weighted by Gasteiger charge is -2.12. The molecule has 0 atom stereocenters. The third-order valence-corrected chi connectivity index (χ3v) is 5.20. The summed E-state index contributed by atoms with van der Waals surface area (Å²) in [7, 11) is 0. The van der Waals surface area contributed by atoms with Crippen LogP contribution in [0, 0.1) is 6.92 Å². The molecule has 0 spiro atoms. The molecule has 6 nitrogen and oxygen atoms in total. The highest BCUT2D eigenvalue weighted by Gasteiger charge is 2.22. The maximum Gasteiger partial charge on any atom is 0.206 e. The zero-order valence-electron chi connectivity index (χ0n) is 17.3. The Labute approximate surface area is 183 Å². The first-order valence-corrected chi connectivity index (χ1v) is 10.1. The average Bonchev–Trinajstić information content (AvgIpc) is 3.29. The fourth-order valence-electron chi connectivity index (χ4n) is 3.61. The Kier molecular flexibility index (Phi) is 5.03. The van der Waals surface area contributed by atoms with Gasteiger partial charge in [0.2, 0.25) is 5.75 Å². The zero-order chi connectivity index (χ0) is 22.1. The molecule has 0 aliphatic rings. The SMILES string of the molecule is Cc1cc(=O)c2c(O)c3ccoc3c(OCc3ccc(OCc4ccccc4)cc3)c2o1. The van der Waals surface area contributed by atoms with E-state index >= 15 is 0 Å². The number of furan rings is 1. The predicted molar refractivity (Wildman–Crippen MR) is 120 cm³/mol. The smallest absolute Gasteiger partial charge is 0.206 e. The molecule has 0 aliphatic heterocycles. The van der Waals surface area contributed by atoms with E-state index < -0.39 is 0 Å². The molecule has 2 heterocycles. The highest BCUT2D eigenvalue weighted by Crippen LogP contribution is 2.41. The lowest BCUT2D eigenvalue weighted by molar-refractivity contribution is 0.299. The van der Waals surface area contributed by atoms with Gasteiger partial charge in [-0.15, -0.1) is 0 Å². The van der Waals surface area contributed by atoms with E-state index in [1.165, 1.54) is 12.3 Å². The van der Waals surface area contributed by atoms with Crippen molar-refractivity contribution in [1.29, 1.82) is 0 Å². The van der Waals surface area contributed by atoms with Crippen LogP contribution in [0.5, 0.6) is 17.2 Å². The van der Waals surface area contributed by atoms with E-state index in [-0.39, 0.29) is 34.5 Å². The fourth-order valence-corrected chi connectivity index (χ4v) is 3.61. The van der Waals surface area contributed by atoms with Crippen LogP contribution < -0.4 is 14.9 Å². The maximum atomic E-state index is 12.5. The molecule has 0 fully saturated rings. The van der Waals surface area contributed by atoms with Crippen LogP contribution >= 0.6 is 0 Å².